The van der Waals surface area contributed by atoms with Gasteiger partial charge >= 0.3 is 0 Å². The van der Waals surface area contributed by atoms with Crippen molar-refractivity contribution in [2.75, 3.05) is 6.61 Å². The van der Waals surface area contributed by atoms with Crippen molar-refractivity contribution in [3.63, 3.8) is 0 Å². The van der Waals surface area contributed by atoms with Crippen LogP contribution in [0.4, 0.5) is 0 Å². The summed E-state index contributed by atoms with van der Waals surface area (Å²) in [5.41, 5.74) is 3.48. The van der Waals surface area contributed by atoms with Crippen LogP contribution in [0.2, 0.25) is 0 Å². The third-order valence-corrected chi connectivity index (χ3v) is 2.12. The van der Waals surface area contributed by atoms with Crippen LogP contribution < -0.4 is 5.32 Å². The lowest BCUT2D eigenvalue weighted by Crippen LogP contribution is -2.04. The highest BCUT2D eigenvalue weighted by Gasteiger charge is 2.17. The molecule has 4 nitrogen and oxygen atoms in total. The Labute approximate surface area is 77.0 Å². The van der Waals surface area contributed by atoms with Gasteiger partial charge in [0.2, 0.25) is 0 Å². The van der Waals surface area contributed by atoms with E-state index in [0.29, 0.717) is 13.2 Å². The fourth-order valence-electron chi connectivity index (χ4n) is 1.47. The van der Waals surface area contributed by atoms with E-state index in [0.717, 1.165) is 18.8 Å². The Morgan fingerprint density at radius 3 is 3.31 bits per heavy atom. The van der Waals surface area contributed by atoms with Crippen molar-refractivity contribution in [3.8, 4) is 0 Å². The van der Waals surface area contributed by atoms with Gasteiger partial charge in [-0.1, -0.05) is 6.08 Å². The molecule has 0 radical (unpaired) electrons. The molecule has 4 heteroatoms. The second-order valence-corrected chi connectivity index (χ2v) is 3.03. The van der Waals surface area contributed by atoms with Crippen LogP contribution in [0.15, 0.2) is 12.7 Å². The van der Waals surface area contributed by atoms with E-state index in [1.807, 2.05) is 0 Å². The maximum atomic E-state index is 5.32. The highest BCUT2D eigenvalue weighted by molar-refractivity contribution is 5.27. The zero-order valence-corrected chi connectivity index (χ0v) is 7.47. The summed E-state index contributed by atoms with van der Waals surface area (Å²) in [5.74, 6) is 0. The molecule has 0 amide bonds. The molecule has 0 saturated heterocycles. The molecule has 0 unspecified atom stereocenters. The van der Waals surface area contributed by atoms with Crippen molar-refractivity contribution >= 4 is 0 Å². The van der Waals surface area contributed by atoms with Crippen LogP contribution in [-0.4, -0.2) is 16.8 Å². The number of nitrogens with one attached hydrogen (secondary N) is 2. The lowest BCUT2D eigenvalue weighted by molar-refractivity contribution is 0.145. The van der Waals surface area contributed by atoms with E-state index in [1.165, 1.54) is 11.3 Å². The van der Waals surface area contributed by atoms with Crippen LogP contribution >= 0.6 is 0 Å². The maximum Gasteiger partial charge on any atom is 0.0927 e. The van der Waals surface area contributed by atoms with Gasteiger partial charge in [0, 0.05) is 18.7 Å². The highest BCUT2D eigenvalue weighted by atomic mass is 16.5. The van der Waals surface area contributed by atoms with Crippen LogP contribution in [0.3, 0.4) is 0 Å². The third-order valence-electron chi connectivity index (χ3n) is 2.12. The summed E-state index contributed by atoms with van der Waals surface area (Å²) in [7, 11) is 0. The predicted octanol–water partition coefficient (Wildman–Crippen LogP) is 0.715. The molecule has 0 aromatic carbocycles. The van der Waals surface area contributed by atoms with Crippen molar-refractivity contribution in [1.29, 1.82) is 0 Å². The summed E-state index contributed by atoms with van der Waals surface area (Å²) in [6.07, 6.45) is 1.74. The lowest BCUT2D eigenvalue weighted by atomic mass is 10.2. The number of hydrogen-bond donors (Lipinski definition) is 2. The van der Waals surface area contributed by atoms with Crippen molar-refractivity contribution in [3.05, 3.63) is 29.6 Å². The topological polar surface area (TPSA) is 49.9 Å². The second-order valence-electron chi connectivity index (χ2n) is 3.03. The van der Waals surface area contributed by atoms with Gasteiger partial charge < -0.3 is 10.1 Å². The van der Waals surface area contributed by atoms with Crippen molar-refractivity contribution in [2.24, 2.45) is 0 Å². The molecule has 0 atom stereocenters. The number of aromatic nitrogens is 2. The van der Waals surface area contributed by atoms with Crippen molar-refractivity contribution < 1.29 is 4.74 Å². The Hall–Kier alpha value is -1.13. The van der Waals surface area contributed by atoms with E-state index in [2.05, 4.69) is 22.1 Å². The Balaban J connectivity index is 2.00. The molecule has 0 bridgehead atoms. The van der Waals surface area contributed by atoms with E-state index in [-0.39, 0.29) is 0 Å². The monoisotopic (exact) mass is 179 g/mol. The van der Waals surface area contributed by atoms with Gasteiger partial charge in [0.15, 0.2) is 0 Å². The Morgan fingerprint density at radius 2 is 2.46 bits per heavy atom. The molecule has 2 heterocycles. The summed E-state index contributed by atoms with van der Waals surface area (Å²) in [5, 5.41) is 10.4. The Kier molecular flexibility index (Phi) is 2.42. The van der Waals surface area contributed by atoms with Gasteiger partial charge in [-0.05, 0) is 0 Å². The summed E-state index contributed by atoms with van der Waals surface area (Å²) >= 11 is 0. The van der Waals surface area contributed by atoms with E-state index in [4.69, 9.17) is 4.74 Å². The molecule has 1 aliphatic rings. The summed E-state index contributed by atoms with van der Waals surface area (Å²) in [6.45, 7) is 6.53. The fourth-order valence-corrected chi connectivity index (χ4v) is 1.47. The summed E-state index contributed by atoms with van der Waals surface area (Å²) in [6, 6.07) is 0. The number of ether oxygens (including phenoxy) is 1. The average Bonchev–Trinajstić information content (AvgIpc) is 2.68. The third kappa shape index (κ3) is 1.64. The first-order valence-electron chi connectivity index (χ1n) is 4.36. The smallest absolute Gasteiger partial charge is 0.0927 e. The van der Waals surface area contributed by atoms with Crippen LogP contribution in [0, 0.1) is 0 Å². The first-order valence-corrected chi connectivity index (χ1v) is 4.36. The number of H-pyrrole nitrogens is 1. The summed E-state index contributed by atoms with van der Waals surface area (Å²) < 4.78 is 5.32. The van der Waals surface area contributed by atoms with Gasteiger partial charge in [-0.3, -0.25) is 5.10 Å². The molecular formula is C9H13N3O. The van der Waals surface area contributed by atoms with Crippen molar-refractivity contribution in [2.45, 2.75) is 19.7 Å². The Morgan fingerprint density at radius 1 is 1.54 bits per heavy atom. The normalized spacial score (nSPS) is 14.5. The van der Waals surface area contributed by atoms with Gasteiger partial charge in [0.25, 0.3) is 0 Å². The van der Waals surface area contributed by atoms with E-state index < -0.39 is 0 Å². The van der Waals surface area contributed by atoms with Gasteiger partial charge in [0.05, 0.1) is 24.6 Å². The first kappa shape index (κ1) is 8.47. The van der Waals surface area contributed by atoms with Gasteiger partial charge in [-0.15, -0.1) is 6.58 Å². The number of nitrogens with zero attached hydrogens (tertiary/aromatic N) is 1. The molecule has 1 aromatic rings. The largest absolute Gasteiger partial charge is 0.371 e. The fraction of sp³-hybridized carbons (Fsp3) is 0.444. The number of rotatable bonds is 4. The molecule has 2 rings (SSSR count). The molecule has 1 aromatic heterocycles. The van der Waals surface area contributed by atoms with E-state index in [9.17, 15) is 0 Å². The number of hydrogen-bond acceptors (Lipinski definition) is 3. The molecule has 2 N–H and O–H groups in total. The molecule has 0 aliphatic carbocycles. The number of aromatic amines is 1. The van der Waals surface area contributed by atoms with Crippen LogP contribution in [0.1, 0.15) is 17.0 Å². The zero-order chi connectivity index (χ0) is 9.10. The van der Waals surface area contributed by atoms with E-state index >= 15 is 0 Å². The molecule has 1 aliphatic heterocycles. The minimum absolute atomic E-state index is 0.569. The highest BCUT2D eigenvalue weighted by Crippen LogP contribution is 2.16. The number of fused-ring (bicyclic) bond motifs is 1. The van der Waals surface area contributed by atoms with Crippen LogP contribution in [0.5, 0.6) is 0 Å². The SMILES string of the molecule is C=CCOCc1n[nH]c2c1CNC2. The van der Waals surface area contributed by atoms with E-state index in [1.54, 1.807) is 6.08 Å². The average molecular weight is 179 g/mol. The molecule has 0 spiro atoms. The Bertz CT molecular complexity index is 306. The van der Waals surface area contributed by atoms with Gasteiger partial charge in [-0.2, -0.15) is 5.10 Å². The second kappa shape index (κ2) is 3.72. The molecule has 13 heavy (non-hydrogen) atoms. The first-order chi connectivity index (χ1) is 6.42. The molecule has 70 valence electrons. The quantitative estimate of drug-likeness (QED) is 0.529. The minimum Gasteiger partial charge on any atom is -0.371 e. The molecule has 0 saturated carbocycles. The zero-order valence-electron chi connectivity index (χ0n) is 7.47. The minimum atomic E-state index is 0.569. The van der Waals surface area contributed by atoms with Crippen molar-refractivity contribution in [1.82, 2.24) is 15.5 Å². The maximum absolute atomic E-state index is 5.32. The van der Waals surface area contributed by atoms with Gasteiger partial charge in [-0.25, -0.2) is 0 Å². The summed E-state index contributed by atoms with van der Waals surface area (Å²) in [4.78, 5) is 0. The standard InChI is InChI=1S/C9H13N3O/c1-2-3-13-6-9-7-4-10-5-8(7)11-12-9/h2,10H,1,3-6H2,(H,11,12). The van der Waals surface area contributed by atoms with Gasteiger partial charge in [0.1, 0.15) is 0 Å². The lowest BCUT2D eigenvalue weighted by Gasteiger charge is -1.99. The predicted molar refractivity (Wildman–Crippen MR) is 49.0 cm³/mol. The molecular weight excluding hydrogens is 166 g/mol. The van der Waals surface area contributed by atoms with Crippen LogP contribution in [0.25, 0.3) is 0 Å². The molecule has 0 fully saturated rings. The van der Waals surface area contributed by atoms with Crippen LogP contribution in [-0.2, 0) is 24.4 Å².